The first kappa shape index (κ1) is 23.6. The average Bonchev–Trinajstić information content (AvgIpc) is 3.36. The van der Waals surface area contributed by atoms with Crippen molar-refractivity contribution in [2.45, 2.75) is 18.9 Å². The van der Waals surface area contributed by atoms with Crippen LogP contribution in [0.5, 0.6) is 0 Å². The number of halogens is 2. The summed E-state index contributed by atoms with van der Waals surface area (Å²) in [6.07, 6.45) is 1.27. The summed E-state index contributed by atoms with van der Waals surface area (Å²) in [6.45, 7) is 3.01. The number of hydrogen-bond donors (Lipinski definition) is 0. The molecule has 0 unspecified atom stereocenters. The van der Waals surface area contributed by atoms with E-state index in [2.05, 4.69) is 16.3 Å². The van der Waals surface area contributed by atoms with Crippen LogP contribution in [0.4, 0.5) is 8.78 Å². The first-order valence-electron chi connectivity index (χ1n) is 11.9. The van der Waals surface area contributed by atoms with Crippen molar-refractivity contribution in [3.8, 4) is 0 Å². The van der Waals surface area contributed by atoms with Crippen LogP contribution in [0.3, 0.4) is 0 Å². The Morgan fingerprint density at radius 1 is 0.914 bits per heavy atom. The molecule has 0 spiro atoms. The third-order valence-corrected chi connectivity index (χ3v) is 7.86. The maximum Gasteiger partial charge on any atom is 0.256 e. The fourth-order valence-corrected chi connectivity index (χ4v) is 5.94. The molecular weight excluding hydrogens is 468 g/mol. The van der Waals surface area contributed by atoms with Crippen LogP contribution in [0, 0.1) is 11.6 Å². The molecule has 2 aromatic carbocycles. The van der Waals surface area contributed by atoms with E-state index in [1.54, 1.807) is 45.4 Å². The lowest BCUT2D eigenvalue weighted by molar-refractivity contribution is -0.133. The Morgan fingerprint density at radius 2 is 1.69 bits per heavy atom. The minimum absolute atomic E-state index is 0.0390. The summed E-state index contributed by atoms with van der Waals surface area (Å²) < 4.78 is 28.0. The summed E-state index contributed by atoms with van der Waals surface area (Å²) in [4.78, 5) is 32.6. The smallest absolute Gasteiger partial charge is 0.256 e. The van der Waals surface area contributed by atoms with Crippen LogP contribution >= 0.6 is 11.3 Å². The van der Waals surface area contributed by atoms with Gasteiger partial charge in [0.05, 0.1) is 11.6 Å². The molecule has 2 aliphatic heterocycles. The van der Waals surface area contributed by atoms with Crippen molar-refractivity contribution in [3.63, 3.8) is 0 Å². The Morgan fingerprint density at radius 3 is 2.46 bits per heavy atom. The highest BCUT2D eigenvalue weighted by molar-refractivity contribution is 7.10. The first-order chi connectivity index (χ1) is 17.0. The van der Waals surface area contributed by atoms with Gasteiger partial charge in [-0.05, 0) is 53.3 Å². The molecule has 5 nitrogen and oxygen atoms in total. The van der Waals surface area contributed by atoms with Crippen LogP contribution in [0.15, 0.2) is 60.0 Å². The van der Waals surface area contributed by atoms with Gasteiger partial charge >= 0.3 is 0 Å². The van der Waals surface area contributed by atoms with Gasteiger partial charge in [-0.25, -0.2) is 8.78 Å². The van der Waals surface area contributed by atoms with Crippen LogP contribution < -0.4 is 0 Å². The van der Waals surface area contributed by atoms with Crippen LogP contribution in [0.25, 0.3) is 0 Å². The molecule has 3 heterocycles. The van der Waals surface area contributed by atoms with Gasteiger partial charge in [0, 0.05) is 50.6 Å². The van der Waals surface area contributed by atoms with Gasteiger partial charge in [0.25, 0.3) is 5.91 Å². The zero-order valence-corrected chi connectivity index (χ0v) is 20.1. The van der Waals surface area contributed by atoms with Crippen molar-refractivity contribution in [3.05, 3.63) is 93.2 Å². The third-order valence-electron chi connectivity index (χ3n) is 6.87. The monoisotopic (exact) mass is 495 g/mol. The summed E-state index contributed by atoms with van der Waals surface area (Å²) in [6, 6.07) is 14.7. The second kappa shape index (κ2) is 10.3. The van der Waals surface area contributed by atoms with Crippen LogP contribution in [0.1, 0.15) is 38.8 Å². The number of carbonyl (C=O) groups excluding carboxylic acids is 2. The highest BCUT2D eigenvalue weighted by Gasteiger charge is 2.31. The Kier molecular flexibility index (Phi) is 6.92. The average molecular weight is 496 g/mol. The lowest BCUT2D eigenvalue weighted by atomic mass is 9.93. The van der Waals surface area contributed by atoms with E-state index < -0.39 is 5.82 Å². The van der Waals surface area contributed by atoms with E-state index in [1.807, 2.05) is 6.07 Å². The van der Waals surface area contributed by atoms with E-state index in [4.69, 9.17) is 0 Å². The minimum atomic E-state index is -0.529. The highest BCUT2D eigenvalue weighted by Crippen LogP contribution is 2.38. The van der Waals surface area contributed by atoms with Gasteiger partial charge in [-0.2, -0.15) is 0 Å². The second-order valence-corrected chi connectivity index (χ2v) is 9.95. The van der Waals surface area contributed by atoms with Crippen molar-refractivity contribution in [1.29, 1.82) is 0 Å². The molecule has 0 aliphatic carbocycles. The molecule has 0 radical (unpaired) electrons. The molecule has 1 atom stereocenters. The lowest BCUT2D eigenvalue weighted by Crippen LogP contribution is -2.51. The van der Waals surface area contributed by atoms with Gasteiger partial charge in [-0.15, -0.1) is 11.3 Å². The number of piperazine rings is 1. The predicted octanol–water partition coefficient (Wildman–Crippen LogP) is 4.35. The molecule has 5 rings (SSSR count). The Bertz CT molecular complexity index is 1220. The van der Waals surface area contributed by atoms with Crippen LogP contribution in [0.2, 0.25) is 0 Å². The van der Waals surface area contributed by atoms with Gasteiger partial charge < -0.3 is 9.80 Å². The van der Waals surface area contributed by atoms with Crippen LogP contribution in [-0.4, -0.2) is 65.8 Å². The van der Waals surface area contributed by atoms with Crippen molar-refractivity contribution >= 4 is 23.2 Å². The topological polar surface area (TPSA) is 43.9 Å². The van der Waals surface area contributed by atoms with Crippen molar-refractivity contribution in [2.75, 3.05) is 39.3 Å². The SMILES string of the molecule is O=C(CCN1CCc2sccc2[C@@H]1c1cccc(F)c1)N1CCN(C(=O)c2ccccc2F)CC1. The zero-order chi connectivity index (χ0) is 24.4. The minimum Gasteiger partial charge on any atom is -0.339 e. The fraction of sp³-hybridized carbons (Fsp3) is 0.333. The van der Waals surface area contributed by atoms with Gasteiger partial charge in [-0.3, -0.25) is 14.5 Å². The summed E-state index contributed by atoms with van der Waals surface area (Å²) in [5, 5.41) is 2.08. The van der Waals surface area contributed by atoms with E-state index in [1.165, 1.54) is 28.6 Å². The summed E-state index contributed by atoms with van der Waals surface area (Å²) in [5.74, 6) is -1.09. The van der Waals surface area contributed by atoms with Crippen LogP contribution in [-0.2, 0) is 11.2 Å². The molecule has 2 aliphatic rings. The quantitative estimate of drug-likeness (QED) is 0.529. The third kappa shape index (κ3) is 4.99. The molecule has 8 heteroatoms. The number of hydrogen-bond acceptors (Lipinski definition) is 4. The number of fused-ring (bicyclic) bond motifs is 1. The van der Waals surface area contributed by atoms with E-state index in [9.17, 15) is 18.4 Å². The Labute approximate surface area is 207 Å². The zero-order valence-electron chi connectivity index (χ0n) is 19.3. The molecule has 182 valence electrons. The number of carbonyl (C=O) groups is 2. The standard InChI is InChI=1S/C27H27F2N3O2S/c28-20-5-3-4-19(18-20)26-22-10-17-35-24(22)8-11-31(26)12-9-25(33)30-13-15-32(16-14-30)27(34)21-6-1-2-7-23(21)29/h1-7,10,17-18,26H,8-9,11-16H2/t26-/m0/s1. The molecule has 0 bridgehead atoms. The molecule has 35 heavy (non-hydrogen) atoms. The fourth-order valence-electron chi connectivity index (χ4n) is 5.04. The molecule has 3 aromatic rings. The number of thiophene rings is 1. The molecule has 1 aromatic heterocycles. The lowest BCUT2D eigenvalue weighted by Gasteiger charge is -2.38. The molecule has 2 amide bonds. The normalized spacial score (nSPS) is 18.4. The Hall–Kier alpha value is -3.10. The summed E-state index contributed by atoms with van der Waals surface area (Å²) in [7, 11) is 0. The van der Waals surface area contributed by atoms with Gasteiger partial charge in [0.2, 0.25) is 5.91 Å². The van der Waals surface area contributed by atoms with E-state index >= 15 is 0 Å². The van der Waals surface area contributed by atoms with Gasteiger partial charge in [0.15, 0.2) is 0 Å². The number of benzene rings is 2. The maximum absolute atomic E-state index is 14.0. The van der Waals surface area contributed by atoms with Crippen molar-refractivity contribution in [1.82, 2.24) is 14.7 Å². The summed E-state index contributed by atoms with van der Waals surface area (Å²) in [5.41, 5.74) is 2.16. The Balaban J connectivity index is 1.20. The van der Waals surface area contributed by atoms with E-state index in [0.29, 0.717) is 39.1 Å². The van der Waals surface area contributed by atoms with Gasteiger partial charge in [-0.1, -0.05) is 24.3 Å². The second-order valence-electron chi connectivity index (χ2n) is 8.95. The summed E-state index contributed by atoms with van der Waals surface area (Å²) >= 11 is 1.73. The number of nitrogens with zero attached hydrogens (tertiary/aromatic N) is 3. The highest BCUT2D eigenvalue weighted by atomic mass is 32.1. The number of amides is 2. The van der Waals surface area contributed by atoms with Crippen molar-refractivity contribution < 1.29 is 18.4 Å². The van der Waals surface area contributed by atoms with Gasteiger partial charge in [0.1, 0.15) is 11.6 Å². The molecule has 0 N–H and O–H groups in total. The molecular formula is C27H27F2N3O2S. The maximum atomic E-state index is 14.0. The first-order valence-corrected chi connectivity index (χ1v) is 12.8. The van der Waals surface area contributed by atoms with E-state index in [-0.39, 0.29) is 29.2 Å². The molecule has 1 fully saturated rings. The van der Waals surface area contributed by atoms with Crippen molar-refractivity contribution in [2.24, 2.45) is 0 Å². The van der Waals surface area contributed by atoms with E-state index in [0.717, 1.165) is 18.5 Å². The molecule has 1 saturated heterocycles. The predicted molar refractivity (Wildman–Crippen MR) is 131 cm³/mol. The number of rotatable bonds is 5. The molecule has 0 saturated carbocycles. The largest absolute Gasteiger partial charge is 0.339 e.